The van der Waals surface area contributed by atoms with Gasteiger partial charge < -0.3 is 23.8 Å². The van der Waals surface area contributed by atoms with E-state index in [9.17, 15) is 4.79 Å². The molecule has 1 aliphatic heterocycles. The maximum absolute atomic E-state index is 12.0. The Bertz CT molecular complexity index is 486. The summed E-state index contributed by atoms with van der Waals surface area (Å²) in [5.41, 5.74) is 0. The Morgan fingerprint density at radius 3 is 2.48 bits per heavy atom. The number of benzene rings is 1. The molecule has 0 bridgehead atoms. The van der Waals surface area contributed by atoms with E-state index in [1.807, 2.05) is 29.2 Å². The van der Waals surface area contributed by atoms with Crippen molar-refractivity contribution in [2.24, 2.45) is 0 Å². The molecule has 0 aromatic heterocycles. The second-order valence-electron chi connectivity index (χ2n) is 5.39. The average Bonchev–Trinajstić information content (AvgIpc) is 2.59. The molecule has 1 aliphatic rings. The molecule has 0 aliphatic carbocycles. The van der Waals surface area contributed by atoms with E-state index in [4.69, 9.17) is 18.9 Å². The Morgan fingerprint density at radius 1 is 1.13 bits per heavy atom. The van der Waals surface area contributed by atoms with Crippen LogP contribution in [0.15, 0.2) is 24.3 Å². The summed E-state index contributed by atoms with van der Waals surface area (Å²) in [5, 5.41) is 0. The minimum Gasteiger partial charge on any atom is -0.493 e. The molecular formula is C17H25NO5. The summed E-state index contributed by atoms with van der Waals surface area (Å²) in [6.07, 6.45) is 1.72. The molecule has 0 atom stereocenters. The van der Waals surface area contributed by atoms with E-state index in [2.05, 4.69) is 0 Å². The monoisotopic (exact) mass is 323 g/mol. The number of amides is 1. The molecule has 0 unspecified atom stereocenters. The first-order chi connectivity index (χ1) is 11.2. The lowest BCUT2D eigenvalue weighted by molar-refractivity contribution is -0.138. The molecule has 23 heavy (non-hydrogen) atoms. The fraction of sp³-hybridized carbons (Fsp3) is 0.588. The summed E-state index contributed by atoms with van der Waals surface area (Å²) in [6.45, 7) is 2.43. The van der Waals surface area contributed by atoms with Crippen molar-refractivity contribution in [3.8, 4) is 11.5 Å². The summed E-state index contributed by atoms with van der Waals surface area (Å²) >= 11 is 0. The lowest BCUT2D eigenvalue weighted by Gasteiger charge is -2.32. The normalized spacial score (nSPS) is 15.5. The standard InChI is InChI=1S/C17H25NO5/c1-20-11-12-22-13-17(19)18-9-7-14(8-10-18)23-16-6-4-3-5-15(16)21-2/h3-6,14H,7-13H2,1-2H3. The molecule has 6 heteroatoms. The number of nitrogens with zero attached hydrogens (tertiary/aromatic N) is 1. The Hall–Kier alpha value is -1.79. The summed E-state index contributed by atoms with van der Waals surface area (Å²) in [6, 6.07) is 7.62. The molecule has 0 saturated carbocycles. The molecule has 6 nitrogen and oxygen atoms in total. The molecule has 2 rings (SSSR count). The van der Waals surface area contributed by atoms with Crippen molar-refractivity contribution in [3.63, 3.8) is 0 Å². The van der Waals surface area contributed by atoms with Gasteiger partial charge in [-0.05, 0) is 12.1 Å². The van der Waals surface area contributed by atoms with Crippen molar-refractivity contribution in [2.75, 3.05) is 47.1 Å². The third-order valence-corrected chi connectivity index (χ3v) is 3.81. The quantitative estimate of drug-likeness (QED) is 0.682. The van der Waals surface area contributed by atoms with Gasteiger partial charge in [0.2, 0.25) is 5.91 Å². The molecule has 0 spiro atoms. The van der Waals surface area contributed by atoms with Crippen LogP contribution in [0.2, 0.25) is 0 Å². The predicted octanol–water partition coefficient (Wildman–Crippen LogP) is 1.73. The number of carbonyl (C=O) groups excluding carboxylic acids is 1. The first kappa shape index (κ1) is 17.6. The molecule has 1 fully saturated rings. The highest BCUT2D eigenvalue weighted by Gasteiger charge is 2.24. The van der Waals surface area contributed by atoms with Crippen molar-refractivity contribution in [1.29, 1.82) is 0 Å². The maximum Gasteiger partial charge on any atom is 0.248 e. The van der Waals surface area contributed by atoms with Crippen LogP contribution >= 0.6 is 0 Å². The van der Waals surface area contributed by atoms with Gasteiger partial charge in [-0.3, -0.25) is 4.79 Å². The van der Waals surface area contributed by atoms with Crippen molar-refractivity contribution < 1.29 is 23.7 Å². The molecule has 0 N–H and O–H groups in total. The van der Waals surface area contributed by atoms with Crippen LogP contribution in [0.1, 0.15) is 12.8 Å². The zero-order valence-corrected chi connectivity index (χ0v) is 13.8. The van der Waals surface area contributed by atoms with Crippen molar-refractivity contribution >= 4 is 5.91 Å². The SMILES string of the molecule is COCCOCC(=O)N1CCC(Oc2ccccc2OC)CC1. The van der Waals surface area contributed by atoms with Gasteiger partial charge in [-0.2, -0.15) is 0 Å². The number of piperidine rings is 1. The van der Waals surface area contributed by atoms with Crippen molar-refractivity contribution in [3.05, 3.63) is 24.3 Å². The summed E-state index contributed by atoms with van der Waals surface area (Å²) in [4.78, 5) is 13.9. The number of methoxy groups -OCH3 is 2. The summed E-state index contributed by atoms with van der Waals surface area (Å²) < 4.78 is 21.5. The number of hydrogen-bond acceptors (Lipinski definition) is 5. The van der Waals surface area contributed by atoms with Crippen LogP contribution < -0.4 is 9.47 Å². The maximum atomic E-state index is 12.0. The Balaban J connectivity index is 1.74. The third-order valence-electron chi connectivity index (χ3n) is 3.81. The Labute approximate surface area is 137 Å². The van der Waals surface area contributed by atoms with Gasteiger partial charge >= 0.3 is 0 Å². The molecule has 1 amide bonds. The third kappa shape index (κ3) is 5.41. The summed E-state index contributed by atoms with van der Waals surface area (Å²) in [5.74, 6) is 1.51. The molecule has 1 heterocycles. The van der Waals surface area contributed by atoms with Gasteiger partial charge in [-0.25, -0.2) is 0 Å². The molecular weight excluding hydrogens is 298 g/mol. The van der Waals surface area contributed by atoms with E-state index in [-0.39, 0.29) is 18.6 Å². The smallest absolute Gasteiger partial charge is 0.248 e. The van der Waals surface area contributed by atoms with Gasteiger partial charge in [0.05, 0.1) is 20.3 Å². The van der Waals surface area contributed by atoms with Crippen molar-refractivity contribution in [2.45, 2.75) is 18.9 Å². The number of para-hydroxylation sites is 2. The van der Waals surface area contributed by atoms with Crippen LogP contribution in [0.25, 0.3) is 0 Å². The number of likely N-dealkylation sites (tertiary alicyclic amines) is 1. The lowest BCUT2D eigenvalue weighted by atomic mass is 10.1. The van der Waals surface area contributed by atoms with Gasteiger partial charge in [0.15, 0.2) is 11.5 Å². The van der Waals surface area contributed by atoms with Crippen LogP contribution in [0.3, 0.4) is 0 Å². The minimum atomic E-state index is 0.0249. The molecule has 1 aromatic rings. The zero-order valence-electron chi connectivity index (χ0n) is 13.8. The highest BCUT2D eigenvalue weighted by Crippen LogP contribution is 2.28. The zero-order chi connectivity index (χ0) is 16.5. The molecule has 128 valence electrons. The van der Waals surface area contributed by atoms with E-state index in [0.717, 1.165) is 24.3 Å². The number of rotatable bonds is 8. The van der Waals surface area contributed by atoms with Gasteiger partial charge in [-0.1, -0.05) is 12.1 Å². The van der Waals surface area contributed by atoms with Gasteiger partial charge in [0.25, 0.3) is 0 Å². The predicted molar refractivity (Wildman–Crippen MR) is 85.9 cm³/mol. The fourth-order valence-electron chi connectivity index (χ4n) is 2.51. The van der Waals surface area contributed by atoms with E-state index < -0.39 is 0 Å². The number of hydrogen-bond donors (Lipinski definition) is 0. The van der Waals surface area contributed by atoms with Crippen LogP contribution in [0.4, 0.5) is 0 Å². The fourth-order valence-corrected chi connectivity index (χ4v) is 2.51. The van der Waals surface area contributed by atoms with Crippen molar-refractivity contribution in [1.82, 2.24) is 4.90 Å². The number of ether oxygens (including phenoxy) is 4. The Morgan fingerprint density at radius 2 is 1.83 bits per heavy atom. The average molecular weight is 323 g/mol. The van der Waals surface area contributed by atoms with Crippen LogP contribution in [-0.4, -0.2) is 64.0 Å². The second-order valence-corrected chi connectivity index (χ2v) is 5.39. The van der Waals surface area contributed by atoms with Crippen LogP contribution in [0.5, 0.6) is 11.5 Å². The highest BCUT2D eigenvalue weighted by atomic mass is 16.5. The van der Waals surface area contributed by atoms with E-state index in [0.29, 0.717) is 26.3 Å². The van der Waals surface area contributed by atoms with E-state index in [1.54, 1.807) is 14.2 Å². The van der Waals surface area contributed by atoms with Gasteiger partial charge in [-0.15, -0.1) is 0 Å². The first-order valence-electron chi connectivity index (χ1n) is 7.88. The Kier molecular flexibility index (Phi) is 7.16. The second kappa shape index (κ2) is 9.37. The van der Waals surface area contributed by atoms with E-state index in [1.165, 1.54) is 0 Å². The molecule has 0 radical (unpaired) electrons. The molecule has 1 saturated heterocycles. The highest BCUT2D eigenvalue weighted by molar-refractivity contribution is 5.77. The largest absolute Gasteiger partial charge is 0.493 e. The van der Waals surface area contributed by atoms with Crippen LogP contribution in [0, 0.1) is 0 Å². The summed E-state index contributed by atoms with van der Waals surface area (Å²) in [7, 11) is 3.24. The van der Waals surface area contributed by atoms with E-state index >= 15 is 0 Å². The van der Waals surface area contributed by atoms with Gasteiger partial charge in [0.1, 0.15) is 12.7 Å². The lowest BCUT2D eigenvalue weighted by Crippen LogP contribution is -2.43. The van der Waals surface area contributed by atoms with Crippen LogP contribution in [-0.2, 0) is 14.3 Å². The first-order valence-corrected chi connectivity index (χ1v) is 7.88. The number of carbonyl (C=O) groups is 1. The topological polar surface area (TPSA) is 57.2 Å². The van der Waals surface area contributed by atoms with Gasteiger partial charge in [0, 0.05) is 33.0 Å². The molecule has 1 aromatic carbocycles. The minimum absolute atomic E-state index is 0.0249.